The zero-order valence-corrected chi connectivity index (χ0v) is 12.3. The highest BCUT2D eigenvalue weighted by Crippen LogP contribution is 2.25. The van der Waals surface area contributed by atoms with Crippen LogP contribution >= 0.6 is 15.9 Å². The molecule has 0 saturated carbocycles. The molecule has 0 aliphatic rings. The van der Waals surface area contributed by atoms with Crippen LogP contribution in [0.1, 0.15) is 29.0 Å². The molecule has 0 aliphatic carbocycles. The third-order valence-electron chi connectivity index (χ3n) is 2.99. The van der Waals surface area contributed by atoms with Crippen molar-refractivity contribution in [2.24, 2.45) is 5.73 Å². The first-order chi connectivity index (χ1) is 9.02. The van der Waals surface area contributed by atoms with Crippen molar-refractivity contribution in [2.75, 3.05) is 7.05 Å². The van der Waals surface area contributed by atoms with E-state index in [1.165, 1.54) is 5.56 Å². The molecule has 5 nitrogen and oxygen atoms in total. The topological polar surface area (TPSA) is 72.9 Å². The highest BCUT2D eigenvalue weighted by atomic mass is 79.9. The number of amides is 1. The Balaban J connectivity index is 2.37. The fraction of sp³-hybridized carbons (Fsp3) is 0.231. The van der Waals surface area contributed by atoms with Crippen LogP contribution in [-0.4, -0.2) is 22.7 Å². The van der Waals surface area contributed by atoms with Gasteiger partial charge in [0.15, 0.2) is 0 Å². The van der Waals surface area contributed by atoms with Gasteiger partial charge in [-0.05, 0) is 53.7 Å². The molecule has 2 rings (SSSR count). The van der Waals surface area contributed by atoms with E-state index in [-0.39, 0.29) is 11.7 Å². The minimum absolute atomic E-state index is 0.250. The number of nitrogens with two attached hydrogens (primary N) is 1. The number of benzene rings is 1. The molecule has 0 bridgehead atoms. The van der Waals surface area contributed by atoms with Gasteiger partial charge in [-0.1, -0.05) is 6.07 Å². The number of hydrogen-bond acceptors (Lipinski definition) is 3. The summed E-state index contributed by atoms with van der Waals surface area (Å²) in [6.45, 7) is 2.08. The van der Waals surface area contributed by atoms with E-state index in [4.69, 9.17) is 5.73 Å². The number of rotatable bonds is 4. The zero-order valence-electron chi connectivity index (χ0n) is 10.7. The molecule has 1 aromatic carbocycles. The van der Waals surface area contributed by atoms with Crippen molar-refractivity contribution in [2.45, 2.75) is 13.0 Å². The maximum atomic E-state index is 11.0. The van der Waals surface area contributed by atoms with Crippen molar-refractivity contribution in [1.82, 2.24) is 15.1 Å². The average molecular weight is 323 g/mol. The second-order valence-corrected chi connectivity index (χ2v) is 5.09. The second kappa shape index (κ2) is 5.54. The van der Waals surface area contributed by atoms with E-state index < -0.39 is 5.91 Å². The summed E-state index contributed by atoms with van der Waals surface area (Å²) >= 11 is 3.52. The number of nitrogens with zero attached hydrogens (tertiary/aromatic N) is 2. The first kappa shape index (κ1) is 13.8. The van der Waals surface area contributed by atoms with Crippen molar-refractivity contribution < 1.29 is 4.79 Å². The Kier molecular flexibility index (Phi) is 4.01. The largest absolute Gasteiger partial charge is 0.364 e. The van der Waals surface area contributed by atoms with E-state index in [1.807, 2.05) is 25.2 Å². The number of carbonyl (C=O) groups excluding carboxylic acids is 1. The van der Waals surface area contributed by atoms with Crippen molar-refractivity contribution in [1.29, 1.82) is 0 Å². The van der Waals surface area contributed by atoms with Crippen molar-refractivity contribution >= 4 is 21.8 Å². The SMILES string of the molecule is CNC(C)c1ccc(-n2ccc(C(N)=O)n2)c(Br)c1. The monoisotopic (exact) mass is 322 g/mol. The lowest BCUT2D eigenvalue weighted by Gasteiger charge is -2.13. The molecule has 1 unspecified atom stereocenters. The normalized spacial score (nSPS) is 12.4. The summed E-state index contributed by atoms with van der Waals surface area (Å²) in [4.78, 5) is 11.0. The molecule has 1 atom stereocenters. The molecule has 0 aliphatic heterocycles. The van der Waals surface area contributed by atoms with Crippen LogP contribution in [0.25, 0.3) is 5.69 Å². The summed E-state index contributed by atoms with van der Waals surface area (Å²) in [5.41, 5.74) is 7.47. The number of nitrogens with one attached hydrogen (secondary N) is 1. The number of aromatic nitrogens is 2. The van der Waals surface area contributed by atoms with Crippen LogP contribution in [0.2, 0.25) is 0 Å². The summed E-state index contributed by atoms with van der Waals surface area (Å²) in [7, 11) is 1.92. The van der Waals surface area contributed by atoms with Crippen LogP contribution in [0.15, 0.2) is 34.9 Å². The molecule has 0 fully saturated rings. The van der Waals surface area contributed by atoms with Crippen LogP contribution in [0, 0.1) is 0 Å². The Bertz CT molecular complexity index is 608. The van der Waals surface area contributed by atoms with E-state index in [9.17, 15) is 4.79 Å². The number of hydrogen-bond donors (Lipinski definition) is 2. The fourth-order valence-electron chi connectivity index (χ4n) is 1.73. The van der Waals surface area contributed by atoms with E-state index in [1.54, 1.807) is 16.9 Å². The van der Waals surface area contributed by atoms with Gasteiger partial charge in [0.1, 0.15) is 5.69 Å². The summed E-state index contributed by atoms with van der Waals surface area (Å²) in [6, 6.07) is 7.86. The lowest BCUT2D eigenvalue weighted by atomic mass is 10.1. The lowest BCUT2D eigenvalue weighted by molar-refractivity contribution is 0.0995. The number of halogens is 1. The van der Waals surface area contributed by atoms with Gasteiger partial charge >= 0.3 is 0 Å². The zero-order chi connectivity index (χ0) is 14.0. The molecule has 1 aromatic heterocycles. The van der Waals surface area contributed by atoms with Gasteiger partial charge in [-0.3, -0.25) is 4.79 Å². The van der Waals surface area contributed by atoms with Gasteiger partial charge in [0.25, 0.3) is 5.91 Å². The molecule has 1 heterocycles. The number of primary amides is 1. The van der Waals surface area contributed by atoms with Crippen molar-refractivity contribution in [3.8, 4) is 5.69 Å². The summed E-state index contributed by atoms with van der Waals surface area (Å²) < 4.78 is 2.53. The highest BCUT2D eigenvalue weighted by Gasteiger charge is 2.10. The molecule has 3 N–H and O–H groups in total. The quantitative estimate of drug-likeness (QED) is 0.904. The smallest absolute Gasteiger partial charge is 0.269 e. The van der Waals surface area contributed by atoms with E-state index in [0.29, 0.717) is 0 Å². The Morgan fingerprint density at radius 1 is 1.47 bits per heavy atom. The van der Waals surface area contributed by atoms with Gasteiger partial charge in [0.05, 0.1) is 5.69 Å². The molecule has 0 saturated heterocycles. The maximum Gasteiger partial charge on any atom is 0.269 e. The minimum atomic E-state index is -0.532. The molecule has 19 heavy (non-hydrogen) atoms. The van der Waals surface area contributed by atoms with Crippen LogP contribution < -0.4 is 11.1 Å². The van der Waals surface area contributed by atoms with Crippen LogP contribution in [0.3, 0.4) is 0 Å². The van der Waals surface area contributed by atoms with Crippen LogP contribution in [0.5, 0.6) is 0 Å². The van der Waals surface area contributed by atoms with Gasteiger partial charge < -0.3 is 11.1 Å². The maximum absolute atomic E-state index is 11.0. The predicted molar refractivity (Wildman–Crippen MR) is 77.3 cm³/mol. The summed E-state index contributed by atoms with van der Waals surface area (Å²) in [6.07, 6.45) is 1.71. The molecule has 100 valence electrons. The van der Waals surface area contributed by atoms with Crippen molar-refractivity contribution in [3.63, 3.8) is 0 Å². The highest BCUT2D eigenvalue weighted by molar-refractivity contribution is 9.10. The first-order valence-electron chi connectivity index (χ1n) is 5.85. The Morgan fingerprint density at radius 2 is 2.21 bits per heavy atom. The fourth-order valence-corrected chi connectivity index (χ4v) is 2.31. The van der Waals surface area contributed by atoms with Crippen LogP contribution in [-0.2, 0) is 0 Å². The van der Waals surface area contributed by atoms with Gasteiger partial charge in [-0.25, -0.2) is 4.68 Å². The van der Waals surface area contributed by atoms with E-state index in [0.717, 1.165) is 10.2 Å². The summed E-state index contributed by atoms with van der Waals surface area (Å²) in [5, 5.41) is 7.31. The summed E-state index contributed by atoms with van der Waals surface area (Å²) in [5.74, 6) is -0.532. The van der Waals surface area contributed by atoms with E-state index >= 15 is 0 Å². The second-order valence-electron chi connectivity index (χ2n) is 4.23. The third kappa shape index (κ3) is 2.85. The standard InChI is InChI=1S/C13H15BrN4O/c1-8(16-2)9-3-4-12(10(14)7-9)18-6-5-11(17-18)13(15)19/h3-8,16H,1-2H3,(H2,15,19). The Hall–Kier alpha value is -1.66. The molecule has 0 radical (unpaired) electrons. The average Bonchev–Trinajstić information content (AvgIpc) is 2.87. The molecular weight excluding hydrogens is 308 g/mol. The third-order valence-corrected chi connectivity index (χ3v) is 3.63. The first-order valence-corrected chi connectivity index (χ1v) is 6.64. The van der Waals surface area contributed by atoms with Gasteiger partial charge in [-0.15, -0.1) is 0 Å². The molecular formula is C13H15BrN4O. The lowest BCUT2D eigenvalue weighted by Crippen LogP contribution is -2.13. The molecule has 1 amide bonds. The number of carbonyl (C=O) groups is 1. The molecule has 0 spiro atoms. The van der Waals surface area contributed by atoms with Gasteiger partial charge in [0.2, 0.25) is 0 Å². The van der Waals surface area contributed by atoms with Crippen LogP contribution in [0.4, 0.5) is 0 Å². The molecule has 2 aromatic rings. The Labute approximate surface area is 119 Å². The Morgan fingerprint density at radius 3 is 2.74 bits per heavy atom. The van der Waals surface area contributed by atoms with E-state index in [2.05, 4.69) is 33.3 Å². The minimum Gasteiger partial charge on any atom is -0.364 e. The molecule has 6 heteroatoms. The van der Waals surface area contributed by atoms with Crippen molar-refractivity contribution in [3.05, 3.63) is 46.2 Å². The van der Waals surface area contributed by atoms with Gasteiger partial charge in [-0.2, -0.15) is 5.10 Å². The predicted octanol–water partition coefficient (Wildman–Crippen LogP) is 2.01. The van der Waals surface area contributed by atoms with Gasteiger partial charge in [0, 0.05) is 16.7 Å².